The van der Waals surface area contributed by atoms with Gasteiger partial charge < -0.3 is 15.0 Å². The molecule has 2 fully saturated rings. The van der Waals surface area contributed by atoms with Crippen LogP contribution in [-0.4, -0.2) is 35.8 Å². The molecule has 1 saturated carbocycles. The number of carbonyl (C=O) groups is 3. The summed E-state index contributed by atoms with van der Waals surface area (Å²) in [6.45, 7) is 0.209. The molecule has 5 rings (SSSR count). The second kappa shape index (κ2) is 10.8. The highest BCUT2D eigenvalue weighted by molar-refractivity contribution is 6.31. The molecule has 1 heterocycles. The Labute approximate surface area is 221 Å². The highest BCUT2D eigenvalue weighted by Crippen LogP contribution is 2.52. The third kappa shape index (κ3) is 4.98. The Morgan fingerprint density at radius 3 is 2.08 bits per heavy atom. The number of esters is 1. The molecular formula is C30H29ClN2O4. The number of likely N-dealkylation sites (tertiary alicyclic amines) is 1. The number of ether oxygens (including phenoxy) is 1. The van der Waals surface area contributed by atoms with E-state index >= 15 is 0 Å². The smallest absolute Gasteiger partial charge is 0.311 e. The lowest BCUT2D eigenvalue weighted by atomic mass is 9.80. The fourth-order valence-electron chi connectivity index (χ4n) is 5.44. The Morgan fingerprint density at radius 2 is 1.49 bits per heavy atom. The number of halogens is 1. The number of carbonyl (C=O) groups excluding carboxylic acids is 3. The number of methoxy groups -OCH3 is 1. The fraction of sp³-hybridized carbons (Fsp3) is 0.300. The van der Waals surface area contributed by atoms with Crippen LogP contribution in [0.15, 0.2) is 84.9 Å². The maximum atomic E-state index is 14.0. The lowest BCUT2D eigenvalue weighted by Crippen LogP contribution is -2.49. The minimum atomic E-state index is -0.896. The molecule has 0 aromatic heterocycles. The van der Waals surface area contributed by atoms with Gasteiger partial charge in [-0.3, -0.25) is 14.4 Å². The molecule has 1 aliphatic carbocycles. The Morgan fingerprint density at radius 1 is 0.892 bits per heavy atom. The average molecular weight is 517 g/mol. The van der Waals surface area contributed by atoms with Gasteiger partial charge in [-0.05, 0) is 35.6 Å². The summed E-state index contributed by atoms with van der Waals surface area (Å²) in [5.41, 5.74) is 2.38. The van der Waals surface area contributed by atoms with Crippen molar-refractivity contribution in [3.05, 3.63) is 107 Å². The van der Waals surface area contributed by atoms with E-state index in [9.17, 15) is 14.4 Å². The average Bonchev–Trinajstić information content (AvgIpc) is 3.73. The Bertz CT molecular complexity index is 1280. The van der Waals surface area contributed by atoms with Crippen molar-refractivity contribution < 1.29 is 19.1 Å². The molecule has 2 aliphatic rings. The predicted octanol–water partition coefficient (Wildman–Crippen LogP) is 4.89. The Balaban J connectivity index is 1.62. The highest BCUT2D eigenvalue weighted by Gasteiger charge is 2.59. The molecular weight excluding hydrogens is 488 g/mol. The second-order valence-electron chi connectivity index (χ2n) is 9.61. The number of rotatable bonds is 7. The molecule has 3 aromatic rings. The van der Waals surface area contributed by atoms with Gasteiger partial charge in [0.15, 0.2) is 0 Å². The normalized spacial score (nSPS) is 22.9. The van der Waals surface area contributed by atoms with Crippen LogP contribution in [0.2, 0.25) is 5.02 Å². The molecule has 0 radical (unpaired) electrons. The maximum absolute atomic E-state index is 14.0. The molecule has 2 amide bonds. The third-order valence-electron chi connectivity index (χ3n) is 7.33. The summed E-state index contributed by atoms with van der Waals surface area (Å²) in [6, 6.07) is 24.7. The molecule has 37 heavy (non-hydrogen) atoms. The Hall–Kier alpha value is -3.64. The van der Waals surface area contributed by atoms with Crippen molar-refractivity contribution in [3.63, 3.8) is 0 Å². The van der Waals surface area contributed by atoms with E-state index in [2.05, 4.69) is 5.32 Å². The fourth-order valence-corrected chi connectivity index (χ4v) is 5.64. The molecule has 7 heteroatoms. The lowest BCUT2D eigenvalue weighted by Gasteiger charge is -2.31. The highest BCUT2D eigenvalue weighted by atomic mass is 35.5. The van der Waals surface area contributed by atoms with Crippen LogP contribution in [0, 0.1) is 11.8 Å². The number of nitrogens with one attached hydrogen (secondary N) is 1. The van der Waals surface area contributed by atoms with E-state index in [0.717, 1.165) is 29.5 Å². The molecule has 4 atom stereocenters. The minimum Gasteiger partial charge on any atom is -0.469 e. The predicted molar refractivity (Wildman–Crippen MR) is 141 cm³/mol. The van der Waals surface area contributed by atoms with Gasteiger partial charge >= 0.3 is 5.97 Å². The summed E-state index contributed by atoms with van der Waals surface area (Å²) in [5, 5.41) is 3.56. The van der Waals surface area contributed by atoms with Crippen LogP contribution in [0.25, 0.3) is 0 Å². The summed E-state index contributed by atoms with van der Waals surface area (Å²) in [5.74, 6) is -2.36. The zero-order valence-electron chi connectivity index (χ0n) is 20.5. The zero-order valence-corrected chi connectivity index (χ0v) is 21.3. The minimum absolute atomic E-state index is 0.0981. The van der Waals surface area contributed by atoms with Gasteiger partial charge in [0.2, 0.25) is 11.8 Å². The standard InChI is InChI=1S/C30H29ClN2O4/c1-37-30(36)25-24(19-10-4-2-5-11-19)27(28(34)32-18-22-14-8-9-15-23(22)31)33(29(35)21-16-17-21)26(25)20-12-6-3-7-13-20/h2-15,21,24-27H,16-18H2,1H3,(H,32,34). The summed E-state index contributed by atoms with van der Waals surface area (Å²) < 4.78 is 5.29. The molecule has 6 nitrogen and oxygen atoms in total. The van der Waals surface area contributed by atoms with Crippen molar-refractivity contribution in [1.29, 1.82) is 0 Å². The van der Waals surface area contributed by atoms with Gasteiger partial charge in [-0.2, -0.15) is 0 Å². The van der Waals surface area contributed by atoms with E-state index in [1.165, 1.54) is 7.11 Å². The molecule has 3 aromatic carbocycles. The maximum Gasteiger partial charge on any atom is 0.311 e. The topological polar surface area (TPSA) is 75.7 Å². The first-order chi connectivity index (χ1) is 18.0. The zero-order chi connectivity index (χ0) is 25.9. The quantitative estimate of drug-likeness (QED) is 0.454. The van der Waals surface area contributed by atoms with Gasteiger partial charge in [0.05, 0.1) is 19.1 Å². The van der Waals surface area contributed by atoms with Crippen LogP contribution in [-0.2, 0) is 25.7 Å². The van der Waals surface area contributed by atoms with Gasteiger partial charge in [0.25, 0.3) is 0 Å². The van der Waals surface area contributed by atoms with E-state index in [1.807, 2.05) is 78.9 Å². The van der Waals surface area contributed by atoms with Gasteiger partial charge in [0.1, 0.15) is 6.04 Å². The van der Waals surface area contributed by atoms with Crippen molar-refractivity contribution in [3.8, 4) is 0 Å². The number of hydrogen-bond donors (Lipinski definition) is 1. The van der Waals surface area contributed by atoms with Crippen LogP contribution in [0.4, 0.5) is 0 Å². The molecule has 0 spiro atoms. The van der Waals surface area contributed by atoms with Gasteiger partial charge in [0, 0.05) is 23.4 Å². The SMILES string of the molecule is COC(=O)C1C(c2ccccc2)C(C(=O)NCc2ccccc2Cl)N(C(=O)C2CC2)C1c1ccccc1. The number of hydrogen-bond acceptors (Lipinski definition) is 4. The summed E-state index contributed by atoms with van der Waals surface area (Å²) >= 11 is 6.33. The van der Waals surface area contributed by atoms with E-state index in [-0.39, 0.29) is 24.3 Å². The first kappa shape index (κ1) is 25.0. The van der Waals surface area contributed by atoms with Crippen LogP contribution in [0.1, 0.15) is 41.5 Å². The van der Waals surface area contributed by atoms with Gasteiger partial charge in [-0.1, -0.05) is 90.5 Å². The van der Waals surface area contributed by atoms with Crippen molar-refractivity contribution in [2.75, 3.05) is 7.11 Å². The van der Waals surface area contributed by atoms with E-state index < -0.39 is 29.9 Å². The van der Waals surface area contributed by atoms with E-state index in [1.54, 1.807) is 11.0 Å². The molecule has 190 valence electrons. The van der Waals surface area contributed by atoms with Crippen molar-refractivity contribution in [2.24, 2.45) is 11.8 Å². The molecule has 4 unspecified atom stereocenters. The molecule has 0 bridgehead atoms. The number of amides is 2. The van der Waals surface area contributed by atoms with Gasteiger partial charge in [-0.15, -0.1) is 0 Å². The van der Waals surface area contributed by atoms with Crippen LogP contribution in [0.3, 0.4) is 0 Å². The molecule has 1 aliphatic heterocycles. The summed E-state index contributed by atoms with van der Waals surface area (Å²) in [4.78, 5) is 42.9. The largest absolute Gasteiger partial charge is 0.469 e. The van der Waals surface area contributed by atoms with Crippen LogP contribution >= 0.6 is 11.6 Å². The van der Waals surface area contributed by atoms with Crippen molar-refractivity contribution in [2.45, 2.75) is 37.4 Å². The molecule has 1 saturated heterocycles. The third-order valence-corrected chi connectivity index (χ3v) is 7.69. The molecule has 1 N–H and O–H groups in total. The summed E-state index contributed by atoms with van der Waals surface area (Å²) in [6.07, 6.45) is 1.56. The number of benzene rings is 3. The van der Waals surface area contributed by atoms with Crippen molar-refractivity contribution >= 4 is 29.4 Å². The van der Waals surface area contributed by atoms with Gasteiger partial charge in [-0.25, -0.2) is 0 Å². The van der Waals surface area contributed by atoms with Crippen molar-refractivity contribution in [1.82, 2.24) is 10.2 Å². The second-order valence-corrected chi connectivity index (χ2v) is 10.0. The monoisotopic (exact) mass is 516 g/mol. The van der Waals surface area contributed by atoms with E-state index in [0.29, 0.717) is 5.02 Å². The first-order valence-corrected chi connectivity index (χ1v) is 12.9. The number of nitrogens with zero attached hydrogens (tertiary/aromatic N) is 1. The summed E-state index contributed by atoms with van der Waals surface area (Å²) in [7, 11) is 1.35. The first-order valence-electron chi connectivity index (χ1n) is 12.5. The van der Waals surface area contributed by atoms with E-state index in [4.69, 9.17) is 16.3 Å². The van der Waals surface area contributed by atoms with Crippen LogP contribution in [0.5, 0.6) is 0 Å². The lowest BCUT2D eigenvalue weighted by molar-refractivity contribution is -0.148. The Kier molecular flexibility index (Phi) is 7.28. The van der Waals surface area contributed by atoms with Crippen LogP contribution < -0.4 is 5.32 Å².